The Kier molecular flexibility index (Phi) is 4.06. The number of piperidine rings is 3. The highest BCUT2D eigenvalue weighted by atomic mass is 32.1. The molecule has 5 heterocycles. The fourth-order valence-electron chi connectivity index (χ4n) is 5.22. The normalized spacial score (nSPS) is 26.2. The Morgan fingerprint density at radius 1 is 0.931 bits per heavy atom. The van der Waals surface area contributed by atoms with E-state index in [0.29, 0.717) is 12.1 Å². The highest BCUT2D eigenvalue weighted by Crippen LogP contribution is 2.39. The molecule has 4 nitrogen and oxygen atoms in total. The number of fused-ring (bicyclic) bond motifs is 6. The lowest BCUT2D eigenvalue weighted by atomic mass is 9.79. The highest BCUT2D eigenvalue weighted by molar-refractivity contribution is 7.26. The molecule has 3 fully saturated rings. The first-order valence-electron chi connectivity index (χ1n) is 10.5. The second kappa shape index (κ2) is 6.78. The van der Waals surface area contributed by atoms with E-state index in [4.69, 9.17) is 0 Å². The van der Waals surface area contributed by atoms with E-state index in [0.717, 1.165) is 17.4 Å². The minimum atomic E-state index is 0.476. The van der Waals surface area contributed by atoms with Crippen molar-refractivity contribution >= 4 is 37.3 Å². The van der Waals surface area contributed by atoms with Gasteiger partial charge in [0.05, 0.1) is 5.69 Å². The Morgan fingerprint density at radius 3 is 2.55 bits per heavy atom. The summed E-state index contributed by atoms with van der Waals surface area (Å²) in [6, 6.07) is 20.3. The van der Waals surface area contributed by atoms with Crippen molar-refractivity contribution in [1.29, 1.82) is 0 Å². The summed E-state index contributed by atoms with van der Waals surface area (Å²) in [7, 11) is 0. The van der Waals surface area contributed by atoms with E-state index in [2.05, 4.69) is 81.9 Å². The molecule has 0 spiro atoms. The average Bonchev–Trinajstić information content (AvgIpc) is 3.16. The lowest BCUT2D eigenvalue weighted by Gasteiger charge is -2.50. The van der Waals surface area contributed by atoms with Gasteiger partial charge in [0.25, 0.3) is 0 Å². The molecule has 0 unspecified atom stereocenters. The molecule has 4 aromatic rings. The molecule has 5 heteroatoms. The highest BCUT2D eigenvalue weighted by Gasteiger charge is 2.39. The lowest BCUT2D eigenvalue weighted by Crippen LogP contribution is -2.59. The van der Waals surface area contributed by atoms with Gasteiger partial charge < -0.3 is 5.32 Å². The van der Waals surface area contributed by atoms with E-state index in [9.17, 15) is 0 Å². The largest absolute Gasteiger partial charge is 0.364 e. The van der Waals surface area contributed by atoms with E-state index in [-0.39, 0.29) is 0 Å². The van der Waals surface area contributed by atoms with E-state index >= 15 is 0 Å². The van der Waals surface area contributed by atoms with Crippen LogP contribution in [0.3, 0.4) is 0 Å². The van der Waals surface area contributed by atoms with Crippen molar-refractivity contribution in [2.45, 2.75) is 31.8 Å². The van der Waals surface area contributed by atoms with Crippen LogP contribution >= 0.6 is 11.3 Å². The molecular formula is C24H24N4S. The SMILES string of the molecule is C[C@@H]1[C@@H](Nc2ccc(-c3cccc4c3sc3ccccc34)nn2)C2CCN1CC2. The van der Waals surface area contributed by atoms with Crippen molar-refractivity contribution in [1.82, 2.24) is 15.1 Å². The summed E-state index contributed by atoms with van der Waals surface area (Å²) < 4.78 is 2.60. The molecule has 29 heavy (non-hydrogen) atoms. The summed E-state index contributed by atoms with van der Waals surface area (Å²) in [6.45, 7) is 4.83. The maximum absolute atomic E-state index is 4.60. The summed E-state index contributed by atoms with van der Waals surface area (Å²) in [6.07, 6.45) is 2.59. The number of nitrogens with zero attached hydrogens (tertiary/aromatic N) is 3. The molecule has 0 aliphatic carbocycles. The number of hydrogen-bond acceptors (Lipinski definition) is 5. The first-order chi connectivity index (χ1) is 14.3. The first kappa shape index (κ1) is 17.4. The molecule has 2 aromatic carbocycles. The Hall–Kier alpha value is -2.50. The monoisotopic (exact) mass is 400 g/mol. The van der Waals surface area contributed by atoms with Crippen LogP contribution in [-0.4, -0.2) is 40.3 Å². The van der Waals surface area contributed by atoms with Crippen molar-refractivity contribution < 1.29 is 0 Å². The van der Waals surface area contributed by atoms with Gasteiger partial charge in [-0.3, -0.25) is 4.90 Å². The van der Waals surface area contributed by atoms with Gasteiger partial charge in [-0.1, -0.05) is 36.4 Å². The number of nitrogens with one attached hydrogen (secondary N) is 1. The Morgan fingerprint density at radius 2 is 1.76 bits per heavy atom. The summed E-state index contributed by atoms with van der Waals surface area (Å²) in [5, 5.41) is 15.5. The van der Waals surface area contributed by atoms with Gasteiger partial charge in [0.2, 0.25) is 0 Å². The van der Waals surface area contributed by atoms with Crippen LogP contribution in [0.25, 0.3) is 31.4 Å². The molecule has 2 bridgehead atoms. The van der Waals surface area contributed by atoms with Crippen LogP contribution in [0.5, 0.6) is 0 Å². The van der Waals surface area contributed by atoms with Crippen LogP contribution in [0.4, 0.5) is 5.82 Å². The molecule has 7 rings (SSSR count). The number of thiophene rings is 1. The molecule has 0 radical (unpaired) electrons. The molecule has 0 amide bonds. The molecule has 2 atom stereocenters. The minimum absolute atomic E-state index is 0.476. The van der Waals surface area contributed by atoms with Gasteiger partial charge in [0, 0.05) is 37.8 Å². The first-order valence-corrected chi connectivity index (χ1v) is 11.3. The molecular weight excluding hydrogens is 376 g/mol. The number of aromatic nitrogens is 2. The van der Waals surface area contributed by atoms with Gasteiger partial charge in [-0.05, 0) is 57.0 Å². The van der Waals surface area contributed by atoms with Crippen molar-refractivity contribution in [3.63, 3.8) is 0 Å². The molecule has 1 N–H and O–H groups in total. The van der Waals surface area contributed by atoms with Crippen LogP contribution < -0.4 is 5.32 Å². The molecule has 3 aliphatic heterocycles. The predicted octanol–water partition coefficient (Wildman–Crippen LogP) is 5.41. The molecule has 2 aromatic heterocycles. The lowest BCUT2D eigenvalue weighted by molar-refractivity contribution is 0.0457. The fourth-order valence-corrected chi connectivity index (χ4v) is 6.44. The maximum Gasteiger partial charge on any atom is 0.148 e. The average molecular weight is 401 g/mol. The van der Waals surface area contributed by atoms with E-state index in [1.165, 1.54) is 51.7 Å². The van der Waals surface area contributed by atoms with Crippen LogP contribution in [-0.2, 0) is 0 Å². The van der Waals surface area contributed by atoms with Crippen molar-refractivity contribution in [2.24, 2.45) is 5.92 Å². The van der Waals surface area contributed by atoms with Gasteiger partial charge in [0.1, 0.15) is 5.82 Å². The molecule has 3 saturated heterocycles. The summed E-state index contributed by atoms with van der Waals surface area (Å²) in [5.74, 6) is 1.65. The quantitative estimate of drug-likeness (QED) is 0.499. The topological polar surface area (TPSA) is 41.1 Å². The van der Waals surface area contributed by atoms with Crippen LogP contribution in [0.2, 0.25) is 0 Å². The van der Waals surface area contributed by atoms with Gasteiger partial charge in [0.15, 0.2) is 0 Å². The van der Waals surface area contributed by atoms with Gasteiger partial charge in [-0.2, -0.15) is 0 Å². The number of benzene rings is 2. The smallest absolute Gasteiger partial charge is 0.148 e. The molecule has 3 aliphatic rings. The number of rotatable bonds is 3. The van der Waals surface area contributed by atoms with E-state index in [1.807, 2.05) is 11.3 Å². The Bertz CT molecular complexity index is 1170. The second-order valence-corrected chi connectivity index (χ2v) is 9.42. The third-order valence-corrected chi connectivity index (χ3v) is 8.06. The third-order valence-electron chi connectivity index (χ3n) is 6.84. The molecule has 0 saturated carbocycles. The van der Waals surface area contributed by atoms with E-state index in [1.54, 1.807) is 0 Å². The van der Waals surface area contributed by atoms with Crippen LogP contribution in [0.15, 0.2) is 54.6 Å². The fraction of sp³-hybridized carbons (Fsp3) is 0.333. The Balaban J connectivity index is 1.32. The van der Waals surface area contributed by atoms with Gasteiger partial charge >= 0.3 is 0 Å². The third kappa shape index (κ3) is 2.83. The standard InChI is InChI=1S/C24H24N4S/c1-15-23(16-11-13-28(15)14-12-16)25-22-10-9-20(26-27-22)19-7-4-6-18-17-5-2-3-8-21(17)29-24(18)19/h2-10,15-16,23H,11-14H2,1H3,(H,25,27)/t15-,23-/m1/s1. The zero-order chi connectivity index (χ0) is 19.4. The Labute approximate surface area is 174 Å². The zero-order valence-corrected chi connectivity index (χ0v) is 17.3. The molecule has 146 valence electrons. The second-order valence-electron chi connectivity index (χ2n) is 8.37. The number of hydrogen-bond donors (Lipinski definition) is 1. The maximum atomic E-state index is 4.60. The summed E-state index contributed by atoms with van der Waals surface area (Å²) in [5.41, 5.74) is 2.11. The van der Waals surface area contributed by atoms with Crippen LogP contribution in [0, 0.1) is 5.92 Å². The summed E-state index contributed by atoms with van der Waals surface area (Å²) in [4.78, 5) is 2.60. The van der Waals surface area contributed by atoms with Crippen molar-refractivity contribution in [3.05, 3.63) is 54.6 Å². The van der Waals surface area contributed by atoms with Crippen LogP contribution in [0.1, 0.15) is 19.8 Å². The van der Waals surface area contributed by atoms with Crippen molar-refractivity contribution in [2.75, 3.05) is 18.4 Å². The van der Waals surface area contributed by atoms with Crippen molar-refractivity contribution in [3.8, 4) is 11.3 Å². The van der Waals surface area contributed by atoms with Gasteiger partial charge in [-0.25, -0.2) is 0 Å². The zero-order valence-electron chi connectivity index (χ0n) is 16.5. The van der Waals surface area contributed by atoms with E-state index < -0.39 is 0 Å². The van der Waals surface area contributed by atoms with Gasteiger partial charge in [-0.15, -0.1) is 21.5 Å². The number of anilines is 1. The minimum Gasteiger partial charge on any atom is -0.364 e. The summed E-state index contributed by atoms with van der Waals surface area (Å²) >= 11 is 1.84. The predicted molar refractivity (Wildman–Crippen MR) is 122 cm³/mol.